The maximum atomic E-state index is 14.0. The highest BCUT2D eigenvalue weighted by Gasteiger charge is 2.50. The number of rotatable bonds is 9. The molecule has 148 valence electrons. The smallest absolute Gasteiger partial charge is 0.127 e. The number of aliphatic hydroxyl groups is 1. The van der Waals surface area contributed by atoms with Crippen LogP contribution in [0.4, 0.5) is 4.39 Å². The van der Waals surface area contributed by atoms with E-state index >= 15 is 0 Å². The van der Waals surface area contributed by atoms with Gasteiger partial charge in [-0.2, -0.15) is 0 Å². The first kappa shape index (κ1) is 19.1. The van der Waals surface area contributed by atoms with E-state index in [-0.39, 0.29) is 5.82 Å². The van der Waals surface area contributed by atoms with Gasteiger partial charge in [0.2, 0.25) is 0 Å². The molecule has 0 spiro atoms. The molecule has 4 aliphatic carbocycles. The molecule has 5 rings (SSSR count). The Bertz CT molecular complexity index is 697. The highest BCUT2D eigenvalue weighted by atomic mass is 19.1. The predicted molar refractivity (Wildman–Crippen MR) is 105 cm³/mol. The van der Waals surface area contributed by atoms with E-state index in [9.17, 15) is 9.50 Å². The van der Waals surface area contributed by atoms with Gasteiger partial charge in [0.1, 0.15) is 5.82 Å². The van der Waals surface area contributed by atoms with Crippen molar-refractivity contribution >= 4 is 0 Å². The van der Waals surface area contributed by atoms with Crippen LogP contribution in [0.3, 0.4) is 0 Å². The number of aliphatic hydroxyl groups excluding tert-OH is 1. The number of ether oxygens (including phenoxy) is 1. The van der Waals surface area contributed by atoms with Crippen LogP contribution < -0.4 is 0 Å². The van der Waals surface area contributed by atoms with Crippen molar-refractivity contribution in [1.29, 1.82) is 0 Å². The number of nitrogens with zero attached hydrogens (tertiary/aromatic N) is 1. The SMILES string of the molecule is CC1(C)C2CC=C(COCC(O)CN(Cc3ccccc3F)C3CC3)C1C2. The summed E-state index contributed by atoms with van der Waals surface area (Å²) < 4.78 is 19.8. The maximum absolute atomic E-state index is 14.0. The van der Waals surface area contributed by atoms with Gasteiger partial charge in [0, 0.05) is 24.7 Å². The van der Waals surface area contributed by atoms with Crippen molar-refractivity contribution in [3.8, 4) is 0 Å². The third kappa shape index (κ3) is 4.13. The quantitative estimate of drug-likeness (QED) is 0.660. The Morgan fingerprint density at radius 3 is 2.74 bits per heavy atom. The lowest BCUT2D eigenvalue weighted by atomic mass is 9.49. The molecule has 0 heterocycles. The Morgan fingerprint density at radius 1 is 1.30 bits per heavy atom. The number of halogens is 1. The van der Waals surface area contributed by atoms with Crippen LogP contribution >= 0.6 is 0 Å². The van der Waals surface area contributed by atoms with Gasteiger partial charge < -0.3 is 9.84 Å². The topological polar surface area (TPSA) is 32.7 Å². The summed E-state index contributed by atoms with van der Waals surface area (Å²) in [5.41, 5.74) is 2.53. The van der Waals surface area contributed by atoms with Crippen molar-refractivity contribution < 1.29 is 14.2 Å². The second-order valence-corrected chi connectivity index (χ2v) is 9.24. The molecule has 0 saturated heterocycles. The third-order valence-corrected chi connectivity index (χ3v) is 7.00. The van der Waals surface area contributed by atoms with Gasteiger partial charge >= 0.3 is 0 Å². The zero-order chi connectivity index (χ0) is 19.0. The predicted octanol–water partition coefficient (Wildman–Crippen LogP) is 4.16. The Hall–Kier alpha value is -1.23. The van der Waals surface area contributed by atoms with Gasteiger partial charge in [0.25, 0.3) is 0 Å². The lowest BCUT2D eigenvalue weighted by molar-refractivity contribution is -0.0267. The number of hydrogen-bond acceptors (Lipinski definition) is 3. The van der Waals surface area contributed by atoms with Crippen LogP contribution in [0.15, 0.2) is 35.9 Å². The summed E-state index contributed by atoms with van der Waals surface area (Å²) in [5, 5.41) is 10.5. The molecule has 3 atom stereocenters. The molecule has 1 N–H and O–H groups in total. The van der Waals surface area contributed by atoms with Gasteiger partial charge in [0.05, 0.1) is 19.3 Å². The molecule has 4 heteroatoms. The van der Waals surface area contributed by atoms with Crippen molar-refractivity contribution in [2.24, 2.45) is 17.3 Å². The molecule has 0 radical (unpaired) electrons. The van der Waals surface area contributed by atoms with Gasteiger partial charge in [0.15, 0.2) is 0 Å². The molecule has 2 saturated carbocycles. The van der Waals surface area contributed by atoms with Gasteiger partial charge in [-0.15, -0.1) is 0 Å². The van der Waals surface area contributed by atoms with E-state index in [1.165, 1.54) is 24.5 Å². The summed E-state index contributed by atoms with van der Waals surface area (Å²) in [4.78, 5) is 2.20. The van der Waals surface area contributed by atoms with E-state index in [2.05, 4.69) is 24.8 Å². The molecule has 2 bridgehead atoms. The molecule has 27 heavy (non-hydrogen) atoms. The van der Waals surface area contributed by atoms with Crippen LogP contribution in [0.5, 0.6) is 0 Å². The average molecular weight is 374 g/mol. The molecule has 3 unspecified atom stereocenters. The molecule has 2 fully saturated rings. The van der Waals surface area contributed by atoms with E-state index in [1.807, 2.05) is 12.1 Å². The zero-order valence-corrected chi connectivity index (χ0v) is 16.5. The van der Waals surface area contributed by atoms with E-state index in [1.54, 1.807) is 6.07 Å². The Labute approximate surface area is 162 Å². The highest BCUT2D eigenvalue weighted by Crippen LogP contribution is 2.59. The van der Waals surface area contributed by atoms with E-state index in [0.29, 0.717) is 49.2 Å². The van der Waals surface area contributed by atoms with E-state index in [4.69, 9.17) is 4.74 Å². The summed E-state index contributed by atoms with van der Waals surface area (Å²) in [5.74, 6) is 1.32. The van der Waals surface area contributed by atoms with E-state index < -0.39 is 6.10 Å². The molecule has 1 aromatic rings. The highest BCUT2D eigenvalue weighted by molar-refractivity contribution is 5.23. The van der Waals surface area contributed by atoms with Crippen LogP contribution in [0.1, 0.15) is 45.1 Å². The molecule has 3 nitrogen and oxygen atoms in total. The number of allylic oxidation sites excluding steroid dienone is 1. The molecule has 0 amide bonds. The fourth-order valence-electron chi connectivity index (χ4n) is 4.90. The van der Waals surface area contributed by atoms with Crippen molar-refractivity contribution in [2.75, 3.05) is 19.8 Å². The van der Waals surface area contributed by atoms with Crippen LogP contribution in [0.25, 0.3) is 0 Å². The first-order valence-corrected chi connectivity index (χ1v) is 10.4. The molecule has 4 aliphatic rings. The fraction of sp³-hybridized carbons (Fsp3) is 0.652. The molecule has 0 aromatic heterocycles. The van der Waals surface area contributed by atoms with Gasteiger partial charge in [-0.1, -0.05) is 38.1 Å². The second kappa shape index (κ2) is 7.65. The van der Waals surface area contributed by atoms with Crippen LogP contribution in [0, 0.1) is 23.1 Å². The number of fused-ring (bicyclic) bond motifs is 1. The molecular weight excluding hydrogens is 341 g/mol. The molecule has 1 aromatic carbocycles. The van der Waals surface area contributed by atoms with Crippen LogP contribution in [0.2, 0.25) is 0 Å². The third-order valence-electron chi connectivity index (χ3n) is 7.00. The first-order chi connectivity index (χ1) is 12.9. The second-order valence-electron chi connectivity index (χ2n) is 9.24. The Morgan fingerprint density at radius 2 is 2.07 bits per heavy atom. The Balaban J connectivity index is 1.25. The van der Waals surface area contributed by atoms with Crippen molar-refractivity contribution in [3.63, 3.8) is 0 Å². The maximum Gasteiger partial charge on any atom is 0.127 e. The summed E-state index contributed by atoms with van der Waals surface area (Å²) in [6, 6.07) is 7.39. The number of hydrogen-bond donors (Lipinski definition) is 1. The minimum atomic E-state index is -0.538. The summed E-state index contributed by atoms with van der Waals surface area (Å²) >= 11 is 0. The largest absolute Gasteiger partial charge is 0.389 e. The molecular formula is C23H32FNO2. The Kier molecular flexibility index (Phi) is 5.41. The lowest BCUT2D eigenvalue weighted by Crippen LogP contribution is -2.48. The van der Waals surface area contributed by atoms with Crippen molar-refractivity contribution in [1.82, 2.24) is 4.90 Å². The van der Waals surface area contributed by atoms with Crippen LogP contribution in [-0.4, -0.2) is 41.9 Å². The average Bonchev–Trinajstić information content (AvgIpc) is 3.48. The normalized spacial score (nSPS) is 27.2. The monoisotopic (exact) mass is 373 g/mol. The van der Waals surface area contributed by atoms with Crippen LogP contribution in [-0.2, 0) is 11.3 Å². The first-order valence-electron chi connectivity index (χ1n) is 10.4. The summed E-state index contributed by atoms with van der Waals surface area (Å²) in [6.45, 7) is 6.79. The van der Waals surface area contributed by atoms with Gasteiger partial charge in [-0.3, -0.25) is 4.90 Å². The summed E-state index contributed by atoms with van der Waals surface area (Å²) in [7, 11) is 0. The lowest BCUT2D eigenvalue weighted by Gasteiger charge is -2.56. The summed E-state index contributed by atoms with van der Waals surface area (Å²) in [6.07, 6.45) is 6.54. The van der Waals surface area contributed by atoms with E-state index in [0.717, 1.165) is 18.8 Å². The van der Waals surface area contributed by atoms with Gasteiger partial charge in [-0.25, -0.2) is 4.39 Å². The minimum absolute atomic E-state index is 0.167. The molecule has 0 aliphatic heterocycles. The van der Waals surface area contributed by atoms with Gasteiger partial charge in [-0.05, 0) is 54.6 Å². The fourth-order valence-corrected chi connectivity index (χ4v) is 4.90. The standard InChI is InChI=1S/C23H32FNO2/c1-23(2)18-8-7-17(21(23)11-18)14-27-15-20(26)13-25(19-9-10-19)12-16-5-3-4-6-22(16)24/h3-7,18-21,26H,8-15H2,1-2H3. The van der Waals surface area contributed by atoms with Crippen molar-refractivity contribution in [2.45, 2.75) is 58.2 Å². The van der Waals surface area contributed by atoms with Crippen molar-refractivity contribution in [3.05, 3.63) is 47.3 Å². The number of benzene rings is 1. The minimum Gasteiger partial charge on any atom is -0.389 e. The zero-order valence-electron chi connectivity index (χ0n) is 16.5.